The Morgan fingerprint density at radius 3 is 2.88 bits per heavy atom. The lowest BCUT2D eigenvalue weighted by Crippen LogP contribution is -1.99. The molecule has 0 aliphatic heterocycles. The largest absolute Gasteiger partial charge is 0.488 e. The Labute approximate surface area is 179 Å². The number of aromatic amines is 1. The molecule has 4 nitrogen and oxygen atoms in total. The molecule has 0 fully saturated rings. The van der Waals surface area contributed by atoms with Gasteiger partial charge in [0, 0.05) is 9.13 Å². The zero-order chi connectivity index (χ0) is 18.7. The van der Waals surface area contributed by atoms with Gasteiger partial charge in [-0.05, 0) is 88.0 Å². The van der Waals surface area contributed by atoms with E-state index in [-0.39, 0.29) is 0 Å². The van der Waals surface area contributed by atoms with E-state index in [0.717, 1.165) is 35.1 Å². The number of rotatable bonds is 5. The van der Waals surface area contributed by atoms with Gasteiger partial charge in [-0.25, -0.2) is 4.98 Å². The number of H-pyrrole nitrogens is 1. The molecule has 0 spiro atoms. The first-order valence-corrected chi connectivity index (χ1v) is 9.99. The van der Waals surface area contributed by atoms with Gasteiger partial charge < -0.3 is 9.72 Å². The molecule has 0 saturated carbocycles. The number of allylic oxidation sites excluding steroid dienone is 1. The SMILES string of the molecule is C=CCOc1c(I)cc(I)cc1C=C(C#N)c1nc2ccc(C)cc2[nH]1. The van der Waals surface area contributed by atoms with Crippen LogP contribution in [0.2, 0.25) is 0 Å². The van der Waals surface area contributed by atoms with Crippen LogP contribution >= 0.6 is 45.2 Å². The Hall–Kier alpha value is -1.86. The Morgan fingerprint density at radius 1 is 1.35 bits per heavy atom. The van der Waals surface area contributed by atoms with Gasteiger partial charge in [0.15, 0.2) is 0 Å². The number of halogens is 2. The highest BCUT2D eigenvalue weighted by molar-refractivity contribution is 14.1. The van der Waals surface area contributed by atoms with Gasteiger partial charge in [0.1, 0.15) is 24.3 Å². The Morgan fingerprint density at radius 2 is 2.15 bits per heavy atom. The number of nitriles is 1. The Kier molecular flexibility index (Phi) is 5.98. The fourth-order valence-corrected chi connectivity index (χ4v) is 4.59. The molecule has 3 aromatic rings. The summed E-state index contributed by atoms with van der Waals surface area (Å²) in [4.78, 5) is 7.79. The van der Waals surface area contributed by atoms with Crippen LogP contribution < -0.4 is 4.74 Å². The van der Waals surface area contributed by atoms with Gasteiger partial charge in [0.2, 0.25) is 0 Å². The topological polar surface area (TPSA) is 61.7 Å². The summed E-state index contributed by atoms with van der Waals surface area (Å²) in [6.45, 7) is 6.13. The first-order chi connectivity index (χ1) is 12.5. The number of hydrogen-bond acceptors (Lipinski definition) is 3. The number of hydrogen-bond donors (Lipinski definition) is 1. The first-order valence-electron chi connectivity index (χ1n) is 7.83. The van der Waals surface area contributed by atoms with E-state index in [4.69, 9.17) is 4.74 Å². The average Bonchev–Trinajstić information content (AvgIpc) is 3.01. The molecular weight excluding hydrogens is 552 g/mol. The van der Waals surface area contributed by atoms with E-state index in [0.29, 0.717) is 18.0 Å². The molecule has 2 aromatic carbocycles. The molecule has 0 bridgehead atoms. The number of ether oxygens (including phenoxy) is 1. The molecule has 0 aliphatic rings. The Bertz CT molecular complexity index is 1060. The molecule has 0 unspecified atom stereocenters. The second-order valence-corrected chi connectivity index (χ2v) is 8.09. The summed E-state index contributed by atoms with van der Waals surface area (Å²) in [7, 11) is 0. The van der Waals surface area contributed by atoms with Crippen molar-refractivity contribution in [2.45, 2.75) is 6.92 Å². The van der Waals surface area contributed by atoms with E-state index < -0.39 is 0 Å². The van der Waals surface area contributed by atoms with E-state index in [1.54, 1.807) is 6.08 Å². The molecule has 0 atom stereocenters. The highest BCUT2D eigenvalue weighted by Crippen LogP contribution is 2.31. The maximum Gasteiger partial charge on any atom is 0.149 e. The van der Waals surface area contributed by atoms with Crippen LogP contribution in [-0.4, -0.2) is 16.6 Å². The fourth-order valence-electron chi connectivity index (χ4n) is 2.54. The predicted molar refractivity (Wildman–Crippen MR) is 122 cm³/mol. The van der Waals surface area contributed by atoms with Gasteiger partial charge >= 0.3 is 0 Å². The number of nitrogens with one attached hydrogen (secondary N) is 1. The molecule has 0 radical (unpaired) electrons. The molecule has 0 amide bonds. The van der Waals surface area contributed by atoms with Crippen molar-refractivity contribution in [3.63, 3.8) is 0 Å². The maximum atomic E-state index is 9.69. The van der Waals surface area contributed by atoms with E-state index in [1.165, 1.54) is 0 Å². The van der Waals surface area contributed by atoms with Crippen LogP contribution in [0.5, 0.6) is 5.75 Å². The molecule has 0 saturated heterocycles. The average molecular weight is 567 g/mol. The highest BCUT2D eigenvalue weighted by atomic mass is 127. The molecule has 3 rings (SSSR count). The minimum absolute atomic E-state index is 0.406. The molecule has 0 aliphatic carbocycles. The predicted octanol–water partition coefficient (Wildman–Crippen LogP) is 5.71. The third-order valence-corrected chi connectivity index (χ3v) is 5.12. The number of fused-ring (bicyclic) bond motifs is 1. The van der Waals surface area contributed by atoms with E-state index in [1.807, 2.05) is 43.3 Å². The van der Waals surface area contributed by atoms with Crippen molar-refractivity contribution in [1.29, 1.82) is 5.26 Å². The number of imidazole rings is 1. The molecular formula is C20H15I2N3O. The van der Waals surface area contributed by atoms with Gasteiger partial charge in [0.25, 0.3) is 0 Å². The van der Waals surface area contributed by atoms with Crippen molar-refractivity contribution in [1.82, 2.24) is 9.97 Å². The third-order valence-electron chi connectivity index (χ3n) is 3.70. The van der Waals surface area contributed by atoms with Gasteiger partial charge in [-0.1, -0.05) is 18.7 Å². The lowest BCUT2D eigenvalue weighted by Gasteiger charge is -2.11. The van der Waals surface area contributed by atoms with Crippen molar-refractivity contribution in [3.8, 4) is 11.8 Å². The van der Waals surface area contributed by atoms with E-state index in [2.05, 4.69) is 67.8 Å². The number of nitrogens with zero attached hydrogens (tertiary/aromatic N) is 2. The lowest BCUT2D eigenvalue weighted by atomic mass is 10.1. The van der Waals surface area contributed by atoms with Crippen LogP contribution in [0, 0.1) is 25.4 Å². The smallest absolute Gasteiger partial charge is 0.149 e. The lowest BCUT2D eigenvalue weighted by molar-refractivity contribution is 0.360. The quantitative estimate of drug-likeness (QED) is 0.244. The molecule has 1 N–H and O–H groups in total. The van der Waals surface area contributed by atoms with Crippen molar-refractivity contribution in [3.05, 3.63) is 67.1 Å². The summed E-state index contributed by atoms with van der Waals surface area (Å²) in [5.74, 6) is 1.29. The summed E-state index contributed by atoms with van der Waals surface area (Å²) >= 11 is 4.50. The van der Waals surface area contributed by atoms with Crippen molar-refractivity contribution in [2.24, 2.45) is 0 Å². The van der Waals surface area contributed by atoms with Crippen LogP contribution in [0.3, 0.4) is 0 Å². The van der Waals surface area contributed by atoms with Crippen LogP contribution in [-0.2, 0) is 0 Å². The molecule has 26 heavy (non-hydrogen) atoms. The minimum atomic E-state index is 0.406. The normalized spacial score (nSPS) is 11.4. The Balaban J connectivity index is 2.11. The van der Waals surface area contributed by atoms with Gasteiger partial charge in [0.05, 0.1) is 20.2 Å². The molecule has 130 valence electrons. The maximum absolute atomic E-state index is 9.69. The fraction of sp³-hybridized carbons (Fsp3) is 0.100. The number of aryl methyl sites for hydroxylation is 1. The second-order valence-electron chi connectivity index (χ2n) is 5.68. The summed E-state index contributed by atoms with van der Waals surface area (Å²) in [5, 5.41) is 9.69. The minimum Gasteiger partial charge on any atom is -0.488 e. The zero-order valence-corrected chi connectivity index (χ0v) is 18.3. The number of aromatic nitrogens is 2. The van der Waals surface area contributed by atoms with E-state index >= 15 is 0 Å². The zero-order valence-electron chi connectivity index (χ0n) is 14.0. The summed E-state index contributed by atoms with van der Waals surface area (Å²) in [6, 6.07) is 12.3. The van der Waals surface area contributed by atoms with Gasteiger partial charge in [-0.2, -0.15) is 5.26 Å². The highest BCUT2D eigenvalue weighted by Gasteiger charge is 2.13. The molecule has 1 aromatic heterocycles. The van der Waals surface area contributed by atoms with Gasteiger partial charge in [-0.3, -0.25) is 0 Å². The second kappa shape index (κ2) is 8.22. The van der Waals surface area contributed by atoms with Crippen LogP contribution in [0.25, 0.3) is 22.7 Å². The first kappa shape index (κ1) is 18.9. The third kappa shape index (κ3) is 4.10. The van der Waals surface area contributed by atoms with Crippen LogP contribution in [0.15, 0.2) is 43.0 Å². The van der Waals surface area contributed by atoms with Crippen molar-refractivity contribution >= 4 is 67.9 Å². The summed E-state index contributed by atoms with van der Waals surface area (Å²) in [5.41, 5.74) is 4.20. The summed E-state index contributed by atoms with van der Waals surface area (Å²) < 4.78 is 7.87. The van der Waals surface area contributed by atoms with Crippen LogP contribution in [0.1, 0.15) is 17.0 Å². The summed E-state index contributed by atoms with van der Waals surface area (Å²) in [6.07, 6.45) is 3.52. The number of benzene rings is 2. The molecule has 6 heteroatoms. The standard InChI is InChI=1S/C20H15I2N3O/c1-3-6-26-19-13(9-15(21)10-16(19)22)8-14(11-23)20-24-17-5-4-12(2)7-18(17)25-20/h3-5,7-10H,1,6H2,2H3,(H,24,25). The van der Waals surface area contributed by atoms with Crippen molar-refractivity contribution in [2.75, 3.05) is 6.61 Å². The van der Waals surface area contributed by atoms with Gasteiger partial charge in [-0.15, -0.1) is 0 Å². The molecule has 1 heterocycles. The monoisotopic (exact) mass is 567 g/mol. The van der Waals surface area contributed by atoms with Crippen LogP contribution in [0.4, 0.5) is 0 Å². The van der Waals surface area contributed by atoms with Crippen molar-refractivity contribution < 1.29 is 4.74 Å². The van der Waals surface area contributed by atoms with E-state index in [9.17, 15) is 5.26 Å².